The van der Waals surface area contributed by atoms with Crippen LogP contribution in [0.25, 0.3) is 0 Å². The van der Waals surface area contributed by atoms with Gasteiger partial charge >= 0.3 is 0 Å². The highest BCUT2D eigenvalue weighted by Crippen LogP contribution is 2.08. The van der Waals surface area contributed by atoms with Crippen molar-refractivity contribution < 1.29 is 5.11 Å². The van der Waals surface area contributed by atoms with Gasteiger partial charge in [0.25, 0.3) is 0 Å². The van der Waals surface area contributed by atoms with Crippen LogP contribution in [0, 0.1) is 0 Å². The number of aromatic nitrogens is 1. The molecule has 0 unspecified atom stereocenters. The maximum Gasteiger partial charge on any atom is 0.0638 e. The fraction of sp³-hybridized carbons (Fsp3) is 0.500. The topological polar surface area (TPSA) is 25.2 Å². The molecule has 0 aliphatic rings. The number of hydrogen-bond donors (Lipinski definition) is 1. The highest BCUT2D eigenvalue weighted by Gasteiger charge is 2.03. The molecule has 0 aliphatic heterocycles. The van der Waals surface area contributed by atoms with E-state index in [-0.39, 0.29) is 12.6 Å². The summed E-state index contributed by atoms with van der Waals surface area (Å²) < 4.78 is 2.03. The van der Waals surface area contributed by atoms with Crippen LogP contribution in [-0.2, 0) is 0 Å². The second-order valence-electron chi connectivity index (χ2n) is 2.37. The van der Waals surface area contributed by atoms with E-state index in [2.05, 4.69) is 6.92 Å². The van der Waals surface area contributed by atoms with Crippen LogP contribution in [-0.4, -0.2) is 16.3 Å². The van der Waals surface area contributed by atoms with E-state index in [4.69, 9.17) is 5.11 Å². The monoisotopic (exact) mass is 139 g/mol. The summed E-state index contributed by atoms with van der Waals surface area (Å²) in [6.07, 6.45) is 4.93. The third kappa shape index (κ3) is 1.39. The molecule has 10 heavy (non-hydrogen) atoms. The van der Waals surface area contributed by atoms with Crippen molar-refractivity contribution in [1.29, 1.82) is 0 Å². The van der Waals surface area contributed by atoms with Crippen molar-refractivity contribution in [3.8, 4) is 0 Å². The molecule has 0 radical (unpaired) electrons. The minimum atomic E-state index is 0.227. The van der Waals surface area contributed by atoms with E-state index in [9.17, 15) is 0 Å². The van der Waals surface area contributed by atoms with Crippen LogP contribution in [0.4, 0.5) is 0 Å². The van der Waals surface area contributed by atoms with Crippen LogP contribution in [0.15, 0.2) is 24.5 Å². The molecular formula is C8H13NO. The summed E-state index contributed by atoms with van der Waals surface area (Å²) >= 11 is 0. The van der Waals surface area contributed by atoms with Gasteiger partial charge in [0.1, 0.15) is 0 Å². The predicted molar refractivity (Wildman–Crippen MR) is 40.8 cm³/mol. The summed E-state index contributed by atoms with van der Waals surface area (Å²) in [6.45, 7) is 2.30. The van der Waals surface area contributed by atoms with E-state index >= 15 is 0 Å². The van der Waals surface area contributed by atoms with Gasteiger partial charge in [0.2, 0.25) is 0 Å². The SMILES string of the molecule is CC[C@@H](CO)n1cccc1. The van der Waals surface area contributed by atoms with E-state index in [1.165, 1.54) is 0 Å². The fourth-order valence-electron chi connectivity index (χ4n) is 1.03. The van der Waals surface area contributed by atoms with Gasteiger partial charge in [0, 0.05) is 12.4 Å². The van der Waals surface area contributed by atoms with Crippen LogP contribution in [0.2, 0.25) is 0 Å². The Balaban J connectivity index is 2.64. The summed E-state index contributed by atoms with van der Waals surface area (Å²) in [7, 11) is 0. The molecule has 0 amide bonds. The van der Waals surface area contributed by atoms with Crippen LogP contribution < -0.4 is 0 Å². The van der Waals surface area contributed by atoms with Crippen LogP contribution in [0.3, 0.4) is 0 Å². The average molecular weight is 139 g/mol. The molecule has 0 fully saturated rings. The van der Waals surface area contributed by atoms with Gasteiger partial charge in [-0.25, -0.2) is 0 Å². The van der Waals surface area contributed by atoms with E-state index in [0.717, 1.165) is 6.42 Å². The zero-order valence-electron chi connectivity index (χ0n) is 6.20. The number of aliphatic hydroxyl groups is 1. The summed E-state index contributed by atoms with van der Waals surface area (Å²) in [5.74, 6) is 0. The minimum absolute atomic E-state index is 0.227. The Morgan fingerprint density at radius 1 is 1.40 bits per heavy atom. The zero-order chi connectivity index (χ0) is 7.40. The second-order valence-corrected chi connectivity index (χ2v) is 2.37. The van der Waals surface area contributed by atoms with Crippen LogP contribution in [0.1, 0.15) is 19.4 Å². The Bertz CT molecular complexity index is 165. The third-order valence-corrected chi connectivity index (χ3v) is 1.73. The Kier molecular flexibility index (Phi) is 2.51. The molecule has 0 saturated heterocycles. The molecule has 0 aliphatic carbocycles. The first kappa shape index (κ1) is 7.35. The molecule has 1 aromatic heterocycles. The number of rotatable bonds is 3. The van der Waals surface area contributed by atoms with Gasteiger partial charge in [0.05, 0.1) is 12.6 Å². The maximum atomic E-state index is 8.88. The molecule has 2 heteroatoms. The van der Waals surface area contributed by atoms with Gasteiger partial charge < -0.3 is 9.67 Å². The van der Waals surface area contributed by atoms with Crippen molar-refractivity contribution >= 4 is 0 Å². The summed E-state index contributed by atoms with van der Waals surface area (Å²) in [5, 5.41) is 8.88. The molecular weight excluding hydrogens is 126 g/mol. The summed E-state index contributed by atoms with van der Waals surface area (Å²) in [5.41, 5.74) is 0. The quantitative estimate of drug-likeness (QED) is 0.673. The zero-order valence-corrected chi connectivity index (χ0v) is 6.20. The molecule has 0 bridgehead atoms. The van der Waals surface area contributed by atoms with Crippen molar-refractivity contribution in [1.82, 2.24) is 4.57 Å². The third-order valence-electron chi connectivity index (χ3n) is 1.73. The molecule has 0 aromatic carbocycles. The van der Waals surface area contributed by atoms with Crippen molar-refractivity contribution in [3.63, 3.8) is 0 Å². The Labute approximate surface area is 61.1 Å². The molecule has 1 aromatic rings. The van der Waals surface area contributed by atoms with E-state index in [0.29, 0.717) is 0 Å². The number of hydrogen-bond acceptors (Lipinski definition) is 1. The molecule has 1 N–H and O–H groups in total. The largest absolute Gasteiger partial charge is 0.394 e. The summed E-state index contributed by atoms with van der Waals surface area (Å²) in [4.78, 5) is 0. The van der Waals surface area contributed by atoms with Gasteiger partial charge in [-0.15, -0.1) is 0 Å². The lowest BCUT2D eigenvalue weighted by Crippen LogP contribution is -2.09. The van der Waals surface area contributed by atoms with Crippen molar-refractivity contribution in [3.05, 3.63) is 24.5 Å². The van der Waals surface area contributed by atoms with Gasteiger partial charge in [-0.05, 0) is 18.6 Å². The van der Waals surface area contributed by atoms with Gasteiger partial charge in [-0.2, -0.15) is 0 Å². The number of aliphatic hydroxyl groups excluding tert-OH is 1. The lowest BCUT2D eigenvalue weighted by molar-refractivity contribution is 0.225. The lowest BCUT2D eigenvalue weighted by atomic mass is 10.2. The van der Waals surface area contributed by atoms with Gasteiger partial charge in [0.15, 0.2) is 0 Å². The smallest absolute Gasteiger partial charge is 0.0638 e. The lowest BCUT2D eigenvalue weighted by Gasteiger charge is -2.12. The Morgan fingerprint density at radius 2 is 2.00 bits per heavy atom. The molecule has 1 rings (SSSR count). The fourth-order valence-corrected chi connectivity index (χ4v) is 1.03. The number of nitrogens with zero attached hydrogens (tertiary/aromatic N) is 1. The molecule has 56 valence electrons. The molecule has 0 spiro atoms. The van der Waals surface area contributed by atoms with Crippen LogP contribution >= 0.6 is 0 Å². The Morgan fingerprint density at radius 3 is 2.40 bits per heavy atom. The van der Waals surface area contributed by atoms with Crippen molar-refractivity contribution in [2.24, 2.45) is 0 Å². The van der Waals surface area contributed by atoms with Gasteiger partial charge in [-0.1, -0.05) is 6.92 Å². The first-order valence-electron chi connectivity index (χ1n) is 3.61. The molecule has 1 atom stereocenters. The average Bonchev–Trinajstić information content (AvgIpc) is 2.43. The van der Waals surface area contributed by atoms with E-state index in [1.54, 1.807) is 0 Å². The highest BCUT2D eigenvalue weighted by molar-refractivity contribution is 4.92. The highest BCUT2D eigenvalue weighted by atomic mass is 16.3. The Hall–Kier alpha value is -0.760. The minimum Gasteiger partial charge on any atom is -0.394 e. The predicted octanol–water partition coefficient (Wildman–Crippen LogP) is 1.43. The van der Waals surface area contributed by atoms with Crippen molar-refractivity contribution in [2.45, 2.75) is 19.4 Å². The molecule has 1 heterocycles. The van der Waals surface area contributed by atoms with E-state index < -0.39 is 0 Å². The summed E-state index contributed by atoms with van der Waals surface area (Å²) in [6, 6.07) is 4.20. The first-order chi connectivity index (χ1) is 4.88. The molecule has 2 nitrogen and oxygen atoms in total. The maximum absolute atomic E-state index is 8.88. The standard InChI is InChI=1S/C8H13NO/c1-2-8(7-10)9-5-3-4-6-9/h3-6,8,10H,2,7H2,1H3/t8-/m0/s1. The van der Waals surface area contributed by atoms with Gasteiger partial charge in [-0.3, -0.25) is 0 Å². The molecule has 0 saturated carbocycles. The first-order valence-corrected chi connectivity index (χ1v) is 3.61. The second kappa shape index (κ2) is 3.42. The normalized spacial score (nSPS) is 13.4. The van der Waals surface area contributed by atoms with Crippen LogP contribution in [0.5, 0.6) is 0 Å². The van der Waals surface area contributed by atoms with E-state index in [1.807, 2.05) is 29.1 Å². The van der Waals surface area contributed by atoms with Crippen molar-refractivity contribution in [2.75, 3.05) is 6.61 Å².